The van der Waals surface area contributed by atoms with E-state index in [0.717, 1.165) is 30.8 Å². The van der Waals surface area contributed by atoms with Crippen LogP contribution in [0.1, 0.15) is 34.7 Å². The molecule has 5 heteroatoms. The van der Waals surface area contributed by atoms with E-state index < -0.39 is 0 Å². The maximum Gasteiger partial charge on any atom is 0.292 e. The summed E-state index contributed by atoms with van der Waals surface area (Å²) in [5.41, 5.74) is 2.28. The van der Waals surface area contributed by atoms with Crippen LogP contribution in [-0.2, 0) is 19.9 Å². The van der Waals surface area contributed by atoms with Gasteiger partial charge in [0.2, 0.25) is 0 Å². The lowest BCUT2D eigenvalue weighted by molar-refractivity contribution is 0.0995. The maximum absolute atomic E-state index is 12.0. The van der Waals surface area contributed by atoms with Gasteiger partial charge in [0.15, 0.2) is 5.76 Å². The van der Waals surface area contributed by atoms with Crippen molar-refractivity contribution in [3.05, 3.63) is 35.4 Å². The highest BCUT2D eigenvalue weighted by Crippen LogP contribution is 2.27. The standard InChI is InChI=1S/C13H15N3O2/c1-16-12(9-5-2-3-6-10(9)15-16)14-13(17)11-7-4-8-18-11/h4,7-8H,2-3,5-6H2,1H3,(H,14,17). The Hall–Kier alpha value is -2.04. The number of nitrogens with one attached hydrogen (secondary N) is 1. The van der Waals surface area contributed by atoms with Crippen LogP contribution in [0.15, 0.2) is 22.8 Å². The van der Waals surface area contributed by atoms with Gasteiger partial charge in [-0.25, -0.2) is 0 Å². The number of aromatic nitrogens is 2. The summed E-state index contributed by atoms with van der Waals surface area (Å²) in [4.78, 5) is 12.0. The number of nitrogens with zero attached hydrogens (tertiary/aromatic N) is 2. The van der Waals surface area contributed by atoms with Gasteiger partial charge >= 0.3 is 0 Å². The summed E-state index contributed by atoms with van der Waals surface area (Å²) in [5, 5.41) is 7.35. The summed E-state index contributed by atoms with van der Waals surface area (Å²) in [6.07, 6.45) is 5.81. The number of aryl methyl sites for hydroxylation is 2. The Kier molecular flexibility index (Phi) is 2.66. The van der Waals surface area contributed by atoms with Crippen LogP contribution in [0, 0.1) is 0 Å². The van der Waals surface area contributed by atoms with Crippen LogP contribution in [0.4, 0.5) is 5.82 Å². The summed E-state index contributed by atoms with van der Waals surface area (Å²) in [6.45, 7) is 0. The fourth-order valence-electron chi connectivity index (χ4n) is 2.41. The number of hydrogen-bond donors (Lipinski definition) is 1. The quantitative estimate of drug-likeness (QED) is 0.881. The van der Waals surface area contributed by atoms with Crippen molar-refractivity contribution in [2.45, 2.75) is 25.7 Å². The van der Waals surface area contributed by atoms with Crippen LogP contribution in [-0.4, -0.2) is 15.7 Å². The van der Waals surface area contributed by atoms with Gasteiger partial charge < -0.3 is 9.73 Å². The molecule has 0 aliphatic heterocycles. The smallest absolute Gasteiger partial charge is 0.292 e. The van der Waals surface area contributed by atoms with Gasteiger partial charge in [-0.05, 0) is 37.8 Å². The molecule has 0 unspecified atom stereocenters. The molecular weight excluding hydrogens is 230 g/mol. The van der Waals surface area contributed by atoms with Crippen molar-refractivity contribution in [3.8, 4) is 0 Å². The average Bonchev–Trinajstić information content (AvgIpc) is 2.98. The van der Waals surface area contributed by atoms with Crippen LogP contribution in [0.3, 0.4) is 0 Å². The Labute approximate surface area is 105 Å². The third kappa shape index (κ3) is 1.81. The molecular formula is C13H15N3O2. The predicted molar refractivity (Wildman–Crippen MR) is 66.5 cm³/mol. The number of anilines is 1. The average molecular weight is 245 g/mol. The minimum absolute atomic E-state index is 0.226. The fraction of sp³-hybridized carbons (Fsp3) is 0.385. The zero-order chi connectivity index (χ0) is 12.5. The first-order valence-corrected chi connectivity index (χ1v) is 6.15. The third-order valence-electron chi connectivity index (χ3n) is 3.30. The lowest BCUT2D eigenvalue weighted by atomic mass is 9.97. The van der Waals surface area contributed by atoms with Crippen LogP contribution in [0.5, 0.6) is 0 Å². The first-order valence-electron chi connectivity index (χ1n) is 6.15. The second-order valence-corrected chi connectivity index (χ2v) is 4.54. The summed E-state index contributed by atoms with van der Waals surface area (Å²) < 4.78 is 6.83. The molecule has 2 aromatic rings. The van der Waals surface area contributed by atoms with Crippen LogP contribution < -0.4 is 5.32 Å². The summed E-state index contributed by atoms with van der Waals surface area (Å²) in [5.74, 6) is 0.892. The molecule has 0 bridgehead atoms. The largest absolute Gasteiger partial charge is 0.459 e. The van der Waals surface area contributed by atoms with E-state index in [-0.39, 0.29) is 5.91 Å². The Morgan fingerprint density at radius 1 is 1.44 bits per heavy atom. The van der Waals surface area contributed by atoms with E-state index in [4.69, 9.17) is 4.42 Å². The Balaban J connectivity index is 1.89. The van der Waals surface area contributed by atoms with Crippen molar-refractivity contribution in [2.75, 3.05) is 5.32 Å². The van der Waals surface area contributed by atoms with Gasteiger partial charge in [-0.15, -0.1) is 0 Å². The number of rotatable bonds is 2. The van der Waals surface area contributed by atoms with Gasteiger partial charge in [-0.3, -0.25) is 9.48 Å². The zero-order valence-electron chi connectivity index (χ0n) is 10.3. The molecule has 18 heavy (non-hydrogen) atoms. The Morgan fingerprint density at radius 3 is 3.06 bits per heavy atom. The molecule has 0 spiro atoms. The highest BCUT2D eigenvalue weighted by Gasteiger charge is 2.21. The van der Waals surface area contributed by atoms with Gasteiger partial charge in [-0.2, -0.15) is 5.10 Å². The fourth-order valence-corrected chi connectivity index (χ4v) is 2.41. The topological polar surface area (TPSA) is 60.1 Å². The predicted octanol–water partition coefficient (Wildman–Crippen LogP) is 2.14. The molecule has 0 saturated heterocycles. The molecule has 1 aliphatic carbocycles. The first kappa shape index (κ1) is 11.1. The van der Waals surface area contributed by atoms with Gasteiger partial charge in [0.25, 0.3) is 5.91 Å². The minimum Gasteiger partial charge on any atom is -0.459 e. The molecule has 0 fully saturated rings. The van der Waals surface area contributed by atoms with Crippen molar-refractivity contribution >= 4 is 11.7 Å². The van der Waals surface area contributed by atoms with E-state index >= 15 is 0 Å². The molecule has 2 aromatic heterocycles. The van der Waals surface area contributed by atoms with Crippen molar-refractivity contribution in [1.29, 1.82) is 0 Å². The van der Waals surface area contributed by atoms with Crippen molar-refractivity contribution < 1.29 is 9.21 Å². The second-order valence-electron chi connectivity index (χ2n) is 4.54. The van der Waals surface area contributed by atoms with Crippen molar-refractivity contribution in [2.24, 2.45) is 7.05 Å². The second kappa shape index (κ2) is 4.33. The lowest BCUT2D eigenvalue weighted by Gasteiger charge is -2.11. The molecule has 1 aliphatic rings. The zero-order valence-corrected chi connectivity index (χ0v) is 10.3. The first-order chi connectivity index (χ1) is 8.75. The molecule has 0 aromatic carbocycles. The summed E-state index contributed by atoms with van der Waals surface area (Å²) in [7, 11) is 1.86. The van der Waals surface area contributed by atoms with E-state index in [1.807, 2.05) is 7.05 Å². The van der Waals surface area contributed by atoms with Crippen molar-refractivity contribution in [1.82, 2.24) is 9.78 Å². The molecule has 0 atom stereocenters. The highest BCUT2D eigenvalue weighted by molar-refractivity contribution is 6.02. The van der Waals surface area contributed by atoms with E-state index in [9.17, 15) is 4.79 Å². The number of hydrogen-bond acceptors (Lipinski definition) is 3. The third-order valence-corrected chi connectivity index (χ3v) is 3.30. The van der Waals surface area contributed by atoms with Gasteiger partial charge in [-0.1, -0.05) is 0 Å². The molecule has 0 saturated carbocycles. The van der Waals surface area contributed by atoms with E-state index in [1.165, 1.54) is 18.2 Å². The Bertz CT molecular complexity index is 569. The van der Waals surface area contributed by atoms with E-state index in [1.54, 1.807) is 16.8 Å². The maximum atomic E-state index is 12.0. The van der Waals surface area contributed by atoms with Gasteiger partial charge in [0.1, 0.15) is 5.82 Å². The molecule has 1 amide bonds. The molecule has 0 radical (unpaired) electrons. The highest BCUT2D eigenvalue weighted by atomic mass is 16.3. The van der Waals surface area contributed by atoms with Crippen LogP contribution in [0.2, 0.25) is 0 Å². The number of fused-ring (bicyclic) bond motifs is 1. The minimum atomic E-state index is -0.226. The SMILES string of the molecule is Cn1nc2c(c1NC(=O)c1ccco1)CCCC2. The number of furan rings is 1. The van der Waals surface area contributed by atoms with Crippen LogP contribution >= 0.6 is 0 Å². The molecule has 3 rings (SSSR count). The number of amides is 1. The number of carbonyl (C=O) groups is 1. The summed E-state index contributed by atoms with van der Waals surface area (Å²) >= 11 is 0. The normalized spacial score (nSPS) is 14.3. The van der Waals surface area contributed by atoms with Crippen LogP contribution in [0.25, 0.3) is 0 Å². The molecule has 1 N–H and O–H groups in total. The number of carbonyl (C=O) groups excluding carboxylic acids is 1. The molecule has 94 valence electrons. The van der Waals surface area contributed by atoms with Gasteiger partial charge in [0, 0.05) is 12.6 Å². The molecule has 5 nitrogen and oxygen atoms in total. The van der Waals surface area contributed by atoms with E-state index in [0.29, 0.717) is 5.76 Å². The van der Waals surface area contributed by atoms with Gasteiger partial charge in [0.05, 0.1) is 12.0 Å². The van der Waals surface area contributed by atoms with Crippen molar-refractivity contribution in [3.63, 3.8) is 0 Å². The summed E-state index contributed by atoms with van der Waals surface area (Å²) in [6, 6.07) is 3.35. The monoisotopic (exact) mass is 245 g/mol. The Morgan fingerprint density at radius 2 is 2.28 bits per heavy atom. The van der Waals surface area contributed by atoms with E-state index in [2.05, 4.69) is 10.4 Å². The lowest BCUT2D eigenvalue weighted by Crippen LogP contribution is -2.15. The molecule has 2 heterocycles.